The molecule has 1 N–H and O–H groups in total. The molecule has 0 heterocycles. The van der Waals surface area contributed by atoms with Crippen molar-refractivity contribution in [1.82, 2.24) is 0 Å². The molecule has 3 aliphatic rings. The molecule has 5 atom stereocenters. The maximum Gasteiger partial charge on any atom is 0.0574 e. The number of fused-ring (bicyclic) bond motifs is 5. The van der Waals surface area contributed by atoms with Gasteiger partial charge in [-0.15, -0.1) is 0 Å². The van der Waals surface area contributed by atoms with Crippen LogP contribution < -0.4 is 0 Å². The second-order valence-corrected chi connectivity index (χ2v) is 4.37. The van der Waals surface area contributed by atoms with Gasteiger partial charge in [0.25, 0.3) is 0 Å². The molecule has 0 aromatic rings. The van der Waals surface area contributed by atoms with Gasteiger partial charge in [0.2, 0.25) is 0 Å². The van der Waals surface area contributed by atoms with Crippen LogP contribution in [0.3, 0.4) is 0 Å². The first-order valence-corrected chi connectivity index (χ1v) is 4.71. The summed E-state index contributed by atoms with van der Waals surface area (Å²) in [6.45, 7) is 0. The smallest absolute Gasteiger partial charge is 0.0574 e. The Labute approximate surface area is 67.1 Å². The Hall–Kier alpha value is -0.300. The van der Waals surface area contributed by atoms with Crippen molar-refractivity contribution in [2.75, 3.05) is 0 Å². The summed E-state index contributed by atoms with van der Waals surface area (Å²) in [6.07, 6.45) is 8.37. The molecule has 1 nitrogen and oxygen atoms in total. The van der Waals surface area contributed by atoms with Crippen LogP contribution in [0.2, 0.25) is 0 Å². The van der Waals surface area contributed by atoms with Gasteiger partial charge in [-0.25, -0.2) is 0 Å². The Morgan fingerprint density at radius 3 is 3.00 bits per heavy atom. The van der Waals surface area contributed by atoms with Gasteiger partial charge in [-0.1, -0.05) is 12.2 Å². The fourth-order valence-corrected chi connectivity index (χ4v) is 3.52. The van der Waals surface area contributed by atoms with Crippen LogP contribution in [-0.2, 0) is 0 Å². The van der Waals surface area contributed by atoms with Crippen LogP contribution >= 0.6 is 0 Å². The highest BCUT2D eigenvalue weighted by molar-refractivity contribution is 5.14. The summed E-state index contributed by atoms with van der Waals surface area (Å²) >= 11 is 0. The Kier molecular flexibility index (Phi) is 1.07. The van der Waals surface area contributed by atoms with Crippen molar-refractivity contribution in [1.29, 1.82) is 0 Å². The van der Waals surface area contributed by atoms with E-state index in [-0.39, 0.29) is 6.10 Å². The lowest BCUT2D eigenvalue weighted by Crippen LogP contribution is -2.27. The second kappa shape index (κ2) is 1.89. The predicted molar refractivity (Wildman–Crippen MR) is 43.0 cm³/mol. The Morgan fingerprint density at radius 2 is 2.09 bits per heavy atom. The van der Waals surface area contributed by atoms with Crippen LogP contribution in [0.4, 0.5) is 0 Å². The number of rotatable bonds is 0. The van der Waals surface area contributed by atoms with Gasteiger partial charge in [0, 0.05) is 0 Å². The molecule has 2 bridgehead atoms. The third kappa shape index (κ3) is 0.652. The Balaban J connectivity index is 1.94. The van der Waals surface area contributed by atoms with E-state index < -0.39 is 0 Å². The molecule has 3 aliphatic carbocycles. The molecule has 0 saturated heterocycles. The molecule has 0 spiro atoms. The van der Waals surface area contributed by atoms with Crippen molar-refractivity contribution in [2.45, 2.75) is 25.4 Å². The summed E-state index contributed by atoms with van der Waals surface area (Å²) in [5.74, 6) is 3.16. The predicted octanol–water partition coefficient (Wildman–Crippen LogP) is 1.58. The summed E-state index contributed by atoms with van der Waals surface area (Å²) in [5, 5.41) is 9.64. The van der Waals surface area contributed by atoms with Gasteiger partial charge < -0.3 is 5.11 Å². The molecule has 0 radical (unpaired) electrons. The van der Waals surface area contributed by atoms with E-state index in [0.29, 0.717) is 5.92 Å². The fourth-order valence-electron chi connectivity index (χ4n) is 3.52. The van der Waals surface area contributed by atoms with Gasteiger partial charge in [-0.3, -0.25) is 0 Å². The van der Waals surface area contributed by atoms with E-state index in [0.717, 1.165) is 24.2 Å². The lowest BCUT2D eigenvalue weighted by atomic mass is 9.80. The Morgan fingerprint density at radius 1 is 1.18 bits per heavy atom. The lowest BCUT2D eigenvalue weighted by molar-refractivity contribution is 0.0697. The van der Waals surface area contributed by atoms with Gasteiger partial charge in [0.1, 0.15) is 0 Å². The van der Waals surface area contributed by atoms with Gasteiger partial charge in [0.15, 0.2) is 0 Å². The maximum atomic E-state index is 9.64. The molecule has 3 unspecified atom stereocenters. The molecule has 0 aromatic carbocycles. The minimum Gasteiger partial charge on any atom is -0.393 e. The van der Waals surface area contributed by atoms with Crippen molar-refractivity contribution in [3.63, 3.8) is 0 Å². The van der Waals surface area contributed by atoms with E-state index in [4.69, 9.17) is 0 Å². The topological polar surface area (TPSA) is 20.2 Å². The van der Waals surface area contributed by atoms with E-state index in [2.05, 4.69) is 12.2 Å². The lowest BCUT2D eigenvalue weighted by Gasteiger charge is -2.27. The van der Waals surface area contributed by atoms with Crippen LogP contribution in [0.25, 0.3) is 0 Å². The van der Waals surface area contributed by atoms with Crippen LogP contribution in [0.15, 0.2) is 12.2 Å². The summed E-state index contributed by atoms with van der Waals surface area (Å²) in [7, 11) is 0. The molecule has 2 fully saturated rings. The van der Waals surface area contributed by atoms with Crippen molar-refractivity contribution >= 4 is 0 Å². The summed E-state index contributed by atoms with van der Waals surface area (Å²) in [4.78, 5) is 0. The van der Waals surface area contributed by atoms with Crippen LogP contribution in [0.5, 0.6) is 0 Å². The molecule has 2 saturated carbocycles. The second-order valence-electron chi connectivity index (χ2n) is 4.37. The van der Waals surface area contributed by atoms with Crippen LogP contribution in [0, 0.1) is 23.7 Å². The maximum absolute atomic E-state index is 9.64. The highest BCUT2D eigenvalue weighted by Gasteiger charge is 2.51. The average Bonchev–Trinajstić information content (AvgIpc) is 2.52. The zero-order valence-electron chi connectivity index (χ0n) is 6.61. The third-order valence-electron chi connectivity index (χ3n) is 3.97. The van der Waals surface area contributed by atoms with Crippen molar-refractivity contribution in [2.24, 2.45) is 23.7 Å². The van der Waals surface area contributed by atoms with E-state index >= 15 is 0 Å². The molecule has 3 rings (SSSR count). The summed E-state index contributed by atoms with van der Waals surface area (Å²) in [5.41, 5.74) is 0. The van der Waals surface area contributed by atoms with Gasteiger partial charge in [0.05, 0.1) is 6.10 Å². The average molecular weight is 150 g/mol. The van der Waals surface area contributed by atoms with E-state index in [1.807, 2.05) is 0 Å². The number of allylic oxidation sites excluding steroid dienone is 2. The molecule has 0 aliphatic heterocycles. The molecule has 0 aromatic heterocycles. The Bertz CT molecular complexity index is 209. The largest absolute Gasteiger partial charge is 0.393 e. The minimum absolute atomic E-state index is 0.0427. The monoisotopic (exact) mass is 150 g/mol. The number of hydrogen-bond donors (Lipinski definition) is 1. The highest BCUT2D eigenvalue weighted by atomic mass is 16.3. The summed E-state index contributed by atoms with van der Waals surface area (Å²) < 4.78 is 0. The molecule has 11 heavy (non-hydrogen) atoms. The first-order chi connectivity index (χ1) is 5.36. The van der Waals surface area contributed by atoms with E-state index in [9.17, 15) is 5.11 Å². The SMILES string of the molecule is OC1C[C@H]2C[C@@H]1C1CC=CC12. The third-order valence-corrected chi connectivity index (χ3v) is 3.97. The highest BCUT2D eigenvalue weighted by Crippen LogP contribution is 2.56. The van der Waals surface area contributed by atoms with Gasteiger partial charge in [-0.2, -0.15) is 0 Å². The van der Waals surface area contributed by atoms with Crippen LogP contribution in [-0.4, -0.2) is 11.2 Å². The zero-order valence-corrected chi connectivity index (χ0v) is 6.61. The minimum atomic E-state index is 0.0427. The molecule has 1 heteroatoms. The van der Waals surface area contributed by atoms with Crippen LogP contribution in [0.1, 0.15) is 19.3 Å². The zero-order chi connectivity index (χ0) is 7.42. The van der Waals surface area contributed by atoms with Crippen molar-refractivity contribution in [3.05, 3.63) is 12.2 Å². The molecule has 0 amide bonds. The first kappa shape index (κ1) is 6.24. The normalized spacial score (nSPS) is 58.8. The summed E-state index contributed by atoms with van der Waals surface area (Å²) in [6, 6.07) is 0. The first-order valence-electron chi connectivity index (χ1n) is 4.71. The molecular weight excluding hydrogens is 136 g/mol. The van der Waals surface area contributed by atoms with E-state index in [1.54, 1.807) is 0 Å². The number of hydrogen-bond acceptors (Lipinski definition) is 1. The van der Waals surface area contributed by atoms with Gasteiger partial charge >= 0.3 is 0 Å². The van der Waals surface area contributed by atoms with Crippen molar-refractivity contribution < 1.29 is 5.11 Å². The molecule has 60 valence electrons. The van der Waals surface area contributed by atoms with Crippen molar-refractivity contribution in [3.8, 4) is 0 Å². The van der Waals surface area contributed by atoms with E-state index in [1.165, 1.54) is 12.8 Å². The fraction of sp³-hybridized carbons (Fsp3) is 0.800. The quantitative estimate of drug-likeness (QED) is 0.520. The van der Waals surface area contributed by atoms with Gasteiger partial charge in [-0.05, 0) is 42.9 Å². The molecular formula is C10H14O. The standard InChI is InChI=1S/C10H14O/c11-10-5-6-4-9(10)8-3-1-2-7(6)8/h1-2,6-11H,3-5H2/t6-,7?,8?,9-,10?/m1/s1. The number of aliphatic hydroxyl groups is 1. The number of aliphatic hydroxyl groups excluding tert-OH is 1.